The molecule has 2 saturated heterocycles. The van der Waals surface area contributed by atoms with E-state index in [4.69, 9.17) is 9.47 Å². The molecule has 0 saturated carbocycles. The van der Waals surface area contributed by atoms with E-state index in [1.807, 2.05) is 11.0 Å². The van der Waals surface area contributed by atoms with Crippen LogP contribution < -0.4 is 15.0 Å². The van der Waals surface area contributed by atoms with Crippen LogP contribution in [-0.2, 0) is 16.0 Å². The van der Waals surface area contributed by atoms with E-state index in [-0.39, 0.29) is 23.8 Å². The number of hydrogen-bond donors (Lipinski definition) is 1. The molecule has 4 heterocycles. The highest BCUT2D eigenvalue weighted by molar-refractivity contribution is 5.97. The van der Waals surface area contributed by atoms with Gasteiger partial charge in [-0.15, -0.1) is 0 Å². The first-order valence-electron chi connectivity index (χ1n) is 13.9. The highest BCUT2D eigenvalue weighted by Crippen LogP contribution is 2.34. The molecule has 0 radical (unpaired) electrons. The molecule has 3 aliphatic rings. The number of benzene rings is 1. The molecule has 9 heteroatoms. The van der Waals surface area contributed by atoms with Crippen LogP contribution in [0.1, 0.15) is 38.3 Å². The standard InChI is InChI=1S/C29H40FN5O3/c1-4-25-19-38-29-27(12-23(13-32-29)11-22-5-7-24(30)8-6-22)35(25)28(36)17-34-15-20(2)31-14-26(34)16-33-9-10-37-18-21(33)3/h5-8,12-13,20-21,25-26,31H,4,9-11,14-19H2,1-3H3/t20-,21-,25?,26-/m1/s1. The van der Waals surface area contributed by atoms with Gasteiger partial charge in [-0.3, -0.25) is 19.5 Å². The summed E-state index contributed by atoms with van der Waals surface area (Å²) in [5.41, 5.74) is 2.68. The third-order valence-corrected chi connectivity index (χ3v) is 8.00. The fourth-order valence-corrected chi connectivity index (χ4v) is 5.74. The van der Waals surface area contributed by atoms with Crippen molar-refractivity contribution in [2.24, 2.45) is 0 Å². The SMILES string of the molecule is CCC1COc2ncc(Cc3ccc(F)cc3)cc2N1C(=O)CN1C[C@@H](C)NC[C@@H]1CN1CCOC[C@H]1C. The van der Waals surface area contributed by atoms with Gasteiger partial charge < -0.3 is 14.8 Å². The van der Waals surface area contributed by atoms with Gasteiger partial charge in [0.05, 0.1) is 25.8 Å². The molecule has 38 heavy (non-hydrogen) atoms. The van der Waals surface area contributed by atoms with Crippen LogP contribution >= 0.6 is 0 Å². The van der Waals surface area contributed by atoms with Crippen molar-refractivity contribution in [2.75, 3.05) is 57.4 Å². The van der Waals surface area contributed by atoms with Crippen molar-refractivity contribution in [3.05, 3.63) is 53.5 Å². The van der Waals surface area contributed by atoms with Gasteiger partial charge in [0.15, 0.2) is 0 Å². The number of amides is 1. The summed E-state index contributed by atoms with van der Waals surface area (Å²) in [7, 11) is 0. The molecule has 0 spiro atoms. The van der Waals surface area contributed by atoms with Crippen LogP contribution in [-0.4, -0.2) is 97.4 Å². The zero-order chi connectivity index (χ0) is 26.6. The number of fused-ring (bicyclic) bond motifs is 1. The van der Waals surface area contributed by atoms with E-state index in [2.05, 4.69) is 40.9 Å². The molecule has 1 amide bonds. The number of halogens is 1. The number of carbonyl (C=O) groups excluding carboxylic acids is 1. The molecule has 8 nitrogen and oxygen atoms in total. The molecule has 1 aromatic heterocycles. The van der Waals surface area contributed by atoms with Crippen molar-refractivity contribution in [3.8, 4) is 5.88 Å². The van der Waals surface area contributed by atoms with E-state index in [0.29, 0.717) is 37.5 Å². The van der Waals surface area contributed by atoms with Gasteiger partial charge in [-0.1, -0.05) is 19.1 Å². The van der Waals surface area contributed by atoms with Crippen LogP contribution in [0.15, 0.2) is 36.5 Å². The third kappa shape index (κ3) is 6.17. The molecule has 5 rings (SSSR count). The fraction of sp³-hybridized carbons (Fsp3) is 0.586. The third-order valence-electron chi connectivity index (χ3n) is 8.00. The number of carbonyl (C=O) groups is 1. The Morgan fingerprint density at radius 1 is 1.13 bits per heavy atom. The van der Waals surface area contributed by atoms with E-state index in [9.17, 15) is 9.18 Å². The average molecular weight is 526 g/mol. The second-order valence-electron chi connectivity index (χ2n) is 10.9. The van der Waals surface area contributed by atoms with Crippen LogP contribution in [0, 0.1) is 5.82 Å². The Labute approximate surface area is 225 Å². The van der Waals surface area contributed by atoms with Gasteiger partial charge in [0.25, 0.3) is 0 Å². The summed E-state index contributed by atoms with van der Waals surface area (Å²) in [6.07, 6.45) is 3.18. The minimum Gasteiger partial charge on any atom is -0.474 e. The van der Waals surface area contributed by atoms with Crippen molar-refractivity contribution < 1.29 is 18.7 Å². The summed E-state index contributed by atoms with van der Waals surface area (Å²) in [5, 5.41) is 3.61. The summed E-state index contributed by atoms with van der Waals surface area (Å²) < 4.78 is 25.0. The van der Waals surface area contributed by atoms with E-state index < -0.39 is 0 Å². The maximum absolute atomic E-state index is 14.0. The van der Waals surface area contributed by atoms with Gasteiger partial charge in [0.2, 0.25) is 11.8 Å². The van der Waals surface area contributed by atoms with Gasteiger partial charge >= 0.3 is 0 Å². The lowest BCUT2D eigenvalue weighted by Crippen LogP contribution is -2.62. The van der Waals surface area contributed by atoms with Crippen molar-refractivity contribution in [2.45, 2.75) is 57.8 Å². The quantitative estimate of drug-likeness (QED) is 0.596. The normalized spacial score (nSPS) is 26.6. The molecule has 1 unspecified atom stereocenters. The summed E-state index contributed by atoms with van der Waals surface area (Å²) in [6, 6.07) is 9.42. The number of nitrogens with zero attached hydrogens (tertiary/aromatic N) is 4. The van der Waals surface area contributed by atoms with Crippen LogP contribution in [0.25, 0.3) is 0 Å². The molecule has 2 fully saturated rings. The van der Waals surface area contributed by atoms with Crippen molar-refractivity contribution >= 4 is 11.6 Å². The Bertz CT molecular complexity index is 1100. The largest absolute Gasteiger partial charge is 0.474 e. The molecular weight excluding hydrogens is 485 g/mol. The molecule has 1 aromatic carbocycles. The lowest BCUT2D eigenvalue weighted by molar-refractivity contribution is -0.122. The molecule has 2 aromatic rings. The summed E-state index contributed by atoms with van der Waals surface area (Å²) in [6.45, 7) is 12.3. The second-order valence-corrected chi connectivity index (χ2v) is 10.9. The molecule has 0 aliphatic carbocycles. The highest BCUT2D eigenvalue weighted by atomic mass is 19.1. The number of rotatable bonds is 7. The molecule has 206 valence electrons. The number of morpholine rings is 1. The summed E-state index contributed by atoms with van der Waals surface area (Å²) >= 11 is 0. The number of pyridine rings is 1. The Balaban J connectivity index is 1.35. The van der Waals surface area contributed by atoms with E-state index in [1.165, 1.54) is 12.1 Å². The Hall–Kier alpha value is -2.59. The zero-order valence-corrected chi connectivity index (χ0v) is 22.7. The predicted octanol–water partition coefficient (Wildman–Crippen LogP) is 2.70. The Kier molecular flexibility index (Phi) is 8.57. The molecular formula is C29H40FN5O3. The average Bonchev–Trinajstić information content (AvgIpc) is 2.92. The zero-order valence-electron chi connectivity index (χ0n) is 22.7. The minimum atomic E-state index is -0.253. The first-order chi connectivity index (χ1) is 18.4. The maximum atomic E-state index is 14.0. The number of piperazine rings is 1. The van der Waals surface area contributed by atoms with Crippen LogP contribution in [0.4, 0.5) is 10.1 Å². The topological polar surface area (TPSA) is 70.2 Å². The first kappa shape index (κ1) is 27.0. The highest BCUT2D eigenvalue weighted by Gasteiger charge is 2.36. The number of anilines is 1. The van der Waals surface area contributed by atoms with Gasteiger partial charge in [-0.2, -0.15) is 0 Å². The number of aromatic nitrogens is 1. The van der Waals surface area contributed by atoms with Crippen molar-refractivity contribution in [1.82, 2.24) is 20.1 Å². The lowest BCUT2D eigenvalue weighted by atomic mass is 10.0. The molecule has 3 aliphatic heterocycles. The van der Waals surface area contributed by atoms with Gasteiger partial charge in [0.1, 0.15) is 18.1 Å². The number of ether oxygens (including phenoxy) is 2. The van der Waals surface area contributed by atoms with Gasteiger partial charge in [0, 0.05) is 50.5 Å². The maximum Gasteiger partial charge on any atom is 0.241 e. The van der Waals surface area contributed by atoms with E-state index in [0.717, 1.165) is 62.6 Å². The molecule has 1 N–H and O–H groups in total. The van der Waals surface area contributed by atoms with Crippen LogP contribution in [0.5, 0.6) is 5.88 Å². The summed E-state index contributed by atoms with van der Waals surface area (Å²) in [5.74, 6) is 0.325. The van der Waals surface area contributed by atoms with Crippen molar-refractivity contribution in [3.63, 3.8) is 0 Å². The second kappa shape index (κ2) is 12.1. The molecule has 4 atom stereocenters. The van der Waals surface area contributed by atoms with Crippen LogP contribution in [0.2, 0.25) is 0 Å². The monoisotopic (exact) mass is 525 g/mol. The van der Waals surface area contributed by atoms with Crippen LogP contribution in [0.3, 0.4) is 0 Å². The lowest BCUT2D eigenvalue weighted by Gasteiger charge is -2.44. The molecule has 0 bridgehead atoms. The fourth-order valence-electron chi connectivity index (χ4n) is 5.74. The van der Waals surface area contributed by atoms with Crippen molar-refractivity contribution in [1.29, 1.82) is 0 Å². The Morgan fingerprint density at radius 3 is 2.71 bits per heavy atom. The van der Waals surface area contributed by atoms with E-state index >= 15 is 0 Å². The summed E-state index contributed by atoms with van der Waals surface area (Å²) in [4.78, 5) is 25.3. The minimum absolute atomic E-state index is 0.0454. The predicted molar refractivity (Wildman–Crippen MR) is 145 cm³/mol. The van der Waals surface area contributed by atoms with E-state index in [1.54, 1.807) is 18.3 Å². The first-order valence-corrected chi connectivity index (χ1v) is 13.9. The smallest absolute Gasteiger partial charge is 0.241 e. The Morgan fingerprint density at radius 2 is 1.95 bits per heavy atom. The van der Waals surface area contributed by atoms with Gasteiger partial charge in [-0.05, 0) is 56.0 Å². The number of hydrogen-bond acceptors (Lipinski definition) is 7. The van der Waals surface area contributed by atoms with Gasteiger partial charge in [-0.25, -0.2) is 9.37 Å². The number of nitrogens with one attached hydrogen (secondary N) is 1.